The van der Waals surface area contributed by atoms with Crippen LogP contribution in [0.25, 0.3) is 10.9 Å². The van der Waals surface area contributed by atoms with E-state index in [4.69, 9.17) is 25.8 Å². The summed E-state index contributed by atoms with van der Waals surface area (Å²) in [6.45, 7) is 8.17. The minimum absolute atomic E-state index is 0.216. The third-order valence-electron chi connectivity index (χ3n) is 5.10. The van der Waals surface area contributed by atoms with Crippen LogP contribution in [0.15, 0.2) is 54.8 Å². The summed E-state index contributed by atoms with van der Waals surface area (Å²) in [5, 5.41) is 1.72. The molecule has 0 fully saturated rings. The second-order valence-electron chi connectivity index (χ2n) is 7.09. The lowest BCUT2D eigenvalue weighted by Gasteiger charge is -2.34. The number of carbonyl (C=O) groups is 2. The maximum atomic E-state index is 12.6. The molecule has 0 radical (unpaired) electrons. The first-order chi connectivity index (χ1) is 15.5. The summed E-state index contributed by atoms with van der Waals surface area (Å²) < 4.78 is 15.3. The molecule has 0 saturated carbocycles. The molecule has 3 rings (SSSR count). The molecule has 1 amide bonds. The summed E-state index contributed by atoms with van der Waals surface area (Å²) in [6.07, 6.45) is 6.62. The second kappa shape index (κ2) is 10.9. The number of H-pyrrole nitrogens is 1. The van der Waals surface area contributed by atoms with Crippen LogP contribution in [0.3, 0.4) is 0 Å². The zero-order valence-electron chi connectivity index (χ0n) is 18.2. The average Bonchev–Trinajstić information content (AvgIpc) is 3.12. The molecule has 1 N–H and O–H groups in total. The van der Waals surface area contributed by atoms with Crippen molar-refractivity contribution in [1.29, 1.82) is 0 Å². The number of allylic oxidation sites excluding steroid dienone is 3. The molecule has 2 aromatic rings. The molecule has 170 valence electrons. The predicted octanol–water partition coefficient (Wildman–Crippen LogP) is 6.07. The van der Waals surface area contributed by atoms with Crippen LogP contribution in [-0.4, -0.2) is 41.9 Å². The number of amides is 1. The van der Waals surface area contributed by atoms with Gasteiger partial charge in [0.1, 0.15) is 5.76 Å². The van der Waals surface area contributed by atoms with Crippen molar-refractivity contribution in [3.63, 3.8) is 0 Å². The van der Waals surface area contributed by atoms with Gasteiger partial charge < -0.3 is 19.2 Å². The van der Waals surface area contributed by atoms with Crippen LogP contribution >= 0.6 is 11.6 Å². The Morgan fingerprint density at radius 2 is 2.06 bits per heavy atom. The maximum absolute atomic E-state index is 12.6. The molecule has 1 aliphatic heterocycles. The Balaban J connectivity index is 1.89. The molecule has 0 saturated heterocycles. The van der Waals surface area contributed by atoms with E-state index in [0.29, 0.717) is 36.8 Å². The second-order valence-corrected chi connectivity index (χ2v) is 7.53. The van der Waals surface area contributed by atoms with Gasteiger partial charge in [0.2, 0.25) is 0 Å². The monoisotopic (exact) mass is 458 g/mol. The van der Waals surface area contributed by atoms with Gasteiger partial charge in [-0.1, -0.05) is 30.3 Å². The molecule has 7 nitrogen and oxygen atoms in total. The first-order valence-electron chi connectivity index (χ1n) is 10.6. The Hall–Kier alpha value is -3.19. The van der Waals surface area contributed by atoms with Crippen molar-refractivity contribution in [3.05, 3.63) is 71.1 Å². The van der Waals surface area contributed by atoms with Gasteiger partial charge in [-0.3, -0.25) is 4.90 Å². The minimum Gasteiger partial charge on any atom is -0.450 e. The summed E-state index contributed by atoms with van der Waals surface area (Å²) in [6, 6.07) is 5.45. The minimum atomic E-state index is -0.786. The third kappa shape index (κ3) is 5.34. The Bertz CT molecular complexity index is 1060. The van der Waals surface area contributed by atoms with Crippen molar-refractivity contribution in [2.45, 2.75) is 32.7 Å². The predicted molar refractivity (Wildman–Crippen MR) is 124 cm³/mol. The molecule has 8 heteroatoms. The highest BCUT2D eigenvalue weighted by Gasteiger charge is 2.33. The molecule has 32 heavy (non-hydrogen) atoms. The highest BCUT2D eigenvalue weighted by molar-refractivity contribution is 6.31. The van der Waals surface area contributed by atoms with Gasteiger partial charge in [-0.15, -0.1) is 0 Å². The highest BCUT2D eigenvalue weighted by Crippen LogP contribution is 2.37. The standard InChI is InChI=1S/C24H27ClN2O5/c1-4-8-17(32-24(29)31-6-3)9-7-10-21-22-18(13-14-27(21)23(28)30-5-2)19-15-16(25)11-12-20(19)26-22/h4,7-9,11-12,15,21,26H,1,5-6,10,13-14H2,2-3H3/b9-7-,17-8+. The first-order valence-corrected chi connectivity index (χ1v) is 10.9. The molecule has 1 aromatic carbocycles. The number of aromatic amines is 1. The van der Waals surface area contributed by atoms with Gasteiger partial charge in [0, 0.05) is 28.2 Å². The lowest BCUT2D eigenvalue weighted by molar-refractivity contribution is 0.0841. The fraction of sp³-hybridized carbons (Fsp3) is 0.333. The van der Waals surface area contributed by atoms with Gasteiger partial charge >= 0.3 is 12.2 Å². The SMILES string of the molecule is C=C/C=C(\C=C/CC1c2[nH]c3ccc(Cl)cc3c2CCN1C(=O)OCC)OC(=O)OCC. The molecule has 1 unspecified atom stereocenters. The number of nitrogens with zero attached hydrogens (tertiary/aromatic N) is 1. The van der Waals surface area contributed by atoms with Crippen LogP contribution in [0.4, 0.5) is 9.59 Å². The molecule has 0 aliphatic carbocycles. The van der Waals surface area contributed by atoms with Crippen LogP contribution in [-0.2, 0) is 20.6 Å². The molecule has 0 bridgehead atoms. The Kier molecular flexibility index (Phi) is 8.00. The van der Waals surface area contributed by atoms with Crippen molar-refractivity contribution >= 4 is 34.8 Å². The molecular formula is C24H27ClN2O5. The Morgan fingerprint density at radius 1 is 1.28 bits per heavy atom. The Morgan fingerprint density at radius 3 is 2.78 bits per heavy atom. The lowest BCUT2D eigenvalue weighted by Crippen LogP contribution is -2.40. The number of halogens is 1. The molecular weight excluding hydrogens is 432 g/mol. The Labute approximate surface area is 192 Å². The van der Waals surface area contributed by atoms with E-state index in [1.54, 1.807) is 30.9 Å². The molecule has 1 aromatic heterocycles. The van der Waals surface area contributed by atoms with Crippen LogP contribution in [0, 0.1) is 0 Å². The van der Waals surface area contributed by atoms with E-state index in [1.807, 2.05) is 24.3 Å². The largest absolute Gasteiger partial charge is 0.513 e. The number of hydrogen-bond donors (Lipinski definition) is 1. The van der Waals surface area contributed by atoms with E-state index < -0.39 is 6.16 Å². The van der Waals surface area contributed by atoms with Crippen molar-refractivity contribution in [3.8, 4) is 0 Å². The topological polar surface area (TPSA) is 80.9 Å². The molecule has 2 heterocycles. The van der Waals surface area contributed by atoms with Crippen molar-refractivity contribution in [2.24, 2.45) is 0 Å². The summed E-state index contributed by atoms with van der Waals surface area (Å²) in [5.41, 5.74) is 3.06. The smallest absolute Gasteiger partial charge is 0.450 e. The van der Waals surface area contributed by atoms with Gasteiger partial charge in [0.05, 0.1) is 19.3 Å². The van der Waals surface area contributed by atoms with Crippen LogP contribution in [0.2, 0.25) is 5.02 Å². The lowest BCUT2D eigenvalue weighted by atomic mass is 9.95. The van der Waals surface area contributed by atoms with Crippen molar-refractivity contribution in [1.82, 2.24) is 9.88 Å². The van der Waals surface area contributed by atoms with E-state index in [2.05, 4.69) is 11.6 Å². The zero-order valence-corrected chi connectivity index (χ0v) is 19.0. The molecule has 1 aliphatic rings. The average molecular weight is 459 g/mol. The number of rotatable bonds is 7. The summed E-state index contributed by atoms with van der Waals surface area (Å²) in [5.74, 6) is 0.292. The maximum Gasteiger partial charge on any atom is 0.513 e. The third-order valence-corrected chi connectivity index (χ3v) is 5.34. The quantitative estimate of drug-likeness (QED) is 0.309. The number of ether oxygens (including phenoxy) is 3. The normalized spacial score (nSPS) is 16.2. The number of aromatic nitrogens is 1. The zero-order chi connectivity index (χ0) is 23.1. The van der Waals surface area contributed by atoms with Gasteiger partial charge in [0.25, 0.3) is 0 Å². The van der Waals surface area contributed by atoms with Gasteiger partial charge in [0.15, 0.2) is 0 Å². The fourth-order valence-corrected chi connectivity index (χ4v) is 3.98. The summed E-state index contributed by atoms with van der Waals surface area (Å²) in [4.78, 5) is 29.5. The number of fused-ring (bicyclic) bond motifs is 3. The van der Waals surface area contributed by atoms with Crippen molar-refractivity contribution in [2.75, 3.05) is 19.8 Å². The van der Waals surface area contributed by atoms with Gasteiger partial charge in [-0.25, -0.2) is 9.59 Å². The van der Waals surface area contributed by atoms with Crippen LogP contribution in [0.1, 0.15) is 37.6 Å². The molecule has 1 atom stereocenters. The number of hydrogen-bond acceptors (Lipinski definition) is 5. The first kappa shape index (κ1) is 23.5. The van der Waals surface area contributed by atoms with Crippen LogP contribution < -0.4 is 0 Å². The summed E-state index contributed by atoms with van der Waals surface area (Å²) >= 11 is 6.21. The summed E-state index contributed by atoms with van der Waals surface area (Å²) in [7, 11) is 0. The van der Waals surface area contributed by atoms with E-state index in [0.717, 1.165) is 22.2 Å². The van der Waals surface area contributed by atoms with Gasteiger partial charge in [-0.2, -0.15) is 0 Å². The fourth-order valence-electron chi connectivity index (χ4n) is 3.80. The van der Waals surface area contributed by atoms with Crippen LogP contribution in [0.5, 0.6) is 0 Å². The number of nitrogens with one attached hydrogen (secondary N) is 1. The highest BCUT2D eigenvalue weighted by atomic mass is 35.5. The molecule has 0 spiro atoms. The number of benzene rings is 1. The van der Waals surface area contributed by atoms with E-state index in [-0.39, 0.29) is 18.7 Å². The van der Waals surface area contributed by atoms with E-state index in [9.17, 15) is 9.59 Å². The van der Waals surface area contributed by atoms with E-state index >= 15 is 0 Å². The van der Waals surface area contributed by atoms with Gasteiger partial charge in [-0.05, 0) is 62.6 Å². The van der Waals surface area contributed by atoms with E-state index in [1.165, 1.54) is 6.08 Å². The van der Waals surface area contributed by atoms with Crippen molar-refractivity contribution < 1.29 is 23.8 Å². The number of carbonyl (C=O) groups excluding carboxylic acids is 2.